The third-order valence-corrected chi connectivity index (χ3v) is 4.44. The van der Waals surface area contributed by atoms with E-state index >= 15 is 0 Å². The van der Waals surface area contributed by atoms with Crippen LogP contribution in [0.1, 0.15) is 36.6 Å². The number of carbonyl (C=O) groups excluding carboxylic acids is 1. The molecular formula is C13H23Cl2N3O2S. The molecule has 0 aliphatic carbocycles. The summed E-state index contributed by atoms with van der Waals surface area (Å²) >= 11 is 1.57. The molecular weight excluding hydrogens is 333 g/mol. The molecule has 1 fully saturated rings. The van der Waals surface area contributed by atoms with E-state index in [0.29, 0.717) is 6.54 Å². The van der Waals surface area contributed by atoms with Crippen LogP contribution in [0.3, 0.4) is 0 Å². The van der Waals surface area contributed by atoms with Crippen LogP contribution in [-0.4, -0.2) is 31.1 Å². The Morgan fingerprint density at radius 3 is 3.00 bits per heavy atom. The Morgan fingerprint density at radius 2 is 2.38 bits per heavy atom. The predicted molar refractivity (Wildman–Crippen MR) is 89.5 cm³/mol. The zero-order valence-electron chi connectivity index (χ0n) is 12.3. The van der Waals surface area contributed by atoms with Gasteiger partial charge in [-0.15, -0.1) is 36.2 Å². The number of methoxy groups -OCH3 is 1. The first-order valence-corrected chi connectivity index (χ1v) is 7.54. The van der Waals surface area contributed by atoms with Crippen molar-refractivity contribution in [3.05, 3.63) is 16.1 Å². The Balaban J connectivity index is 0.00000200. The quantitative estimate of drug-likeness (QED) is 0.850. The van der Waals surface area contributed by atoms with E-state index < -0.39 is 0 Å². The molecule has 0 spiro atoms. The first-order chi connectivity index (χ1) is 9.20. The maximum atomic E-state index is 12.0. The summed E-state index contributed by atoms with van der Waals surface area (Å²) in [6.07, 6.45) is 2.06. The van der Waals surface area contributed by atoms with Gasteiger partial charge in [-0.05, 0) is 26.3 Å². The zero-order chi connectivity index (χ0) is 13.7. The van der Waals surface area contributed by atoms with Gasteiger partial charge in [-0.3, -0.25) is 4.79 Å². The van der Waals surface area contributed by atoms with Gasteiger partial charge in [0.05, 0.1) is 18.2 Å². The average Bonchev–Trinajstić information content (AvgIpc) is 2.93. The third kappa shape index (κ3) is 6.08. The lowest BCUT2D eigenvalue weighted by molar-refractivity contribution is -0.125. The van der Waals surface area contributed by atoms with Crippen LogP contribution in [-0.2, 0) is 16.1 Å². The van der Waals surface area contributed by atoms with Crippen LogP contribution in [0.25, 0.3) is 0 Å². The number of carbonyl (C=O) groups is 1. The molecule has 2 atom stereocenters. The van der Waals surface area contributed by atoms with E-state index in [9.17, 15) is 4.79 Å². The number of hydrogen-bond acceptors (Lipinski definition) is 5. The molecule has 2 heterocycles. The monoisotopic (exact) mass is 355 g/mol. The van der Waals surface area contributed by atoms with Crippen molar-refractivity contribution in [1.82, 2.24) is 15.6 Å². The van der Waals surface area contributed by atoms with Gasteiger partial charge in [-0.2, -0.15) is 0 Å². The van der Waals surface area contributed by atoms with Gasteiger partial charge < -0.3 is 15.4 Å². The minimum absolute atomic E-state index is 0. The van der Waals surface area contributed by atoms with Crippen LogP contribution in [0.5, 0.6) is 0 Å². The van der Waals surface area contributed by atoms with Gasteiger partial charge >= 0.3 is 0 Å². The van der Waals surface area contributed by atoms with Crippen LogP contribution in [0.2, 0.25) is 0 Å². The molecule has 1 aliphatic heterocycles. The lowest BCUT2D eigenvalue weighted by atomic mass is 9.99. The number of ether oxygens (including phenoxy) is 1. The lowest BCUT2D eigenvalue weighted by Crippen LogP contribution is -2.40. The summed E-state index contributed by atoms with van der Waals surface area (Å²) in [5.41, 5.74) is 0.904. The highest BCUT2D eigenvalue weighted by Gasteiger charge is 2.20. The van der Waals surface area contributed by atoms with Gasteiger partial charge in [0, 0.05) is 19.0 Å². The summed E-state index contributed by atoms with van der Waals surface area (Å²) in [5, 5.41) is 9.14. The van der Waals surface area contributed by atoms with Gasteiger partial charge in [0.15, 0.2) is 0 Å². The molecule has 0 saturated carbocycles. The van der Waals surface area contributed by atoms with Crippen molar-refractivity contribution in [1.29, 1.82) is 0 Å². The van der Waals surface area contributed by atoms with Crippen molar-refractivity contribution < 1.29 is 9.53 Å². The van der Waals surface area contributed by atoms with E-state index in [-0.39, 0.29) is 42.7 Å². The van der Waals surface area contributed by atoms with Crippen molar-refractivity contribution >= 4 is 42.1 Å². The van der Waals surface area contributed by atoms with E-state index in [1.165, 1.54) is 0 Å². The fourth-order valence-corrected chi connectivity index (χ4v) is 2.94. The van der Waals surface area contributed by atoms with Crippen LogP contribution < -0.4 is 10.6 Å². The summed E-state index contributed by atoms with van der Waals surface area (Å²) in [4.78, 5) is 16.4. The molecule has 5 nitrogen and oxygen atoms in total. The number of rotatable bonds is 5. The molecule has 2 unspecified atom stereocenters. The Bertz CT molecular complexity index is 425. The summed E-state index contributed by atoms with van der Waals surface area (Å²) in [5.74, 6) is 0.228. The van der Waals surface area contributed by atoms with E-state index in [2.05, 4.69) is 15.6 Å². The van der Waals surface area contributed by atoms with Crippen molar-refractivity contribution in [3.63, 3.8) is 0 Å². The number of nitrogens with zero attached hydrogens (tertiary/aromatic N) is 1. The topological polar surface area (TPSA) is 63.2 Å². The van der Waals surface area contributed by atoms with E-state index in [1.807, 2.05) is 12.3 Å². The Hall–Kier alpha value is -0.400. The first kappa shape index (κ1) is 20.6. The average molecular weight is 356 g/mol. The lowest BCUT2D eigenvalue weighted by Gasteiger charge is -2.21. The van der Waals surface area contributed by atoms with E-state index in [0.717, 1.165) is 36.6 Å². The van der Waals surface area contributed by atoms with Crippen molar-refractivity contribution in [2.45, 2.75) is 32.4 Å². The van der Waals surface area contributed by atoms with Crippen molar-refractivity contribution in [3.8, 4) is 0 Å². The third-order valence-electron chi connectivity index (χ3n) is 3.38. The Kier molecular flexibility index (Phi) is 10.1. The number of thiazole rings is 1. The number of aromatic nitrogens is 1. The van der Waals surface area contributed by atoms with Gasteiger partial charge in [-0.1, -0.05) is 0 Å². The standard InChI is InChI=1S/C13H21N3O2S.2ClH/c1-9(18-2)13-16-11(8-19-13)7-15-12(17)10-4-3-5-14-6-10;;/h8-10,14H,3-7H2,1-2H3,(H,15,17);2*1H. The summed E-state index contributed by atoms with van der Waals surface area (Å²) in [7, 11) is 1.67. The molecule has 1 aliphatic rings. The minimum atomic E-state index is 0. The maximum Gasteiger partial charge on any atom is 0.224 e. The fourth-order valence-electron chi connectivity index (χ4n) is 2.09. The molecule has 122 valence electrons. The molecule has 2 N–H and O–H groups in total. The predicted octanol–water partition coefficient (Wildman–Crippen LogP) is 2.31. The van der Waals surface area contributed by atoms with Crippen LogP contribution in [0.15, 0.2) is 5.38 Å². The second-order valence-corrected chi connectivity index (χ2v) is 5.71. The van der Waals surface area contributed by atoms with Gasteiger partial charge in [0.2, 0.25) is 5.91 Å². The molecule has 2 rings (SSSR count). The van der Waals surface area contributed by atoms with E-state index in [4.69, 9.17) is 4.74 Å². The van der Waals surface area contributed by atoms with E-state index in [1.54, 1.807) is 18.4 Å². The SMILES string of the molecule is COC(C)c1nc(CNC(=O)C2CCCNC2)cs1.Cl.Cl. The molecule has 8 heteroatoms. The highest BCUT2D eigenvalue weighted by atomic mass is 35.5. The molecule has 1 aromatic rings. The Labute approximate surface area is 142 Å². The molecule has 0 radical (unpaired) electrons. The van der Waals surface area contributed by atoms with Gasteiger partial charge in [0.25, 0.3) is 0 Å². The zero-order valence-corrected chi connectivity index (χ0v) is 14.7. The second-order valence-electron chi connectivity index (χ2n) is 4.82. The first-order valence-electron chi connectivity index (χ1n) is 6.66. The number of nitrogens with one attached hydrogen (secondary N) is 2. The number of piperidine rings is 1. The molecule has 1 amide bonds. The largest absolute Gasteiger partial charge is 0.375 e. The molecule has 1 aromatic heterocycles. The van der Waals surface area contributed by atoms with Crippen LogP contribution in [0.4, 0.5) is 0 Å². The van der Waals surface area contributed by atoms with Crippen LogP contribution in [0, 0.1) is 5.92 Å². The van der Waals surface area contributed by atoms with Gasteiger partial charge in [-0.25, -0.2) is 4.98 Å². The molecule has 1 saturated heterocycles. The summed E-state index contributed by atoms with van der Waals surface area (Å²) in [6, 6.07) is 0. The molecule has 0 bridgehead atoms. The highest BCUT2D eigenvalue weighted by molar-refractivity contribution is 7.09. The normalized spacial score (nSPS) is 19.0. The maximum absolute atomic E-state index is 12.0. The van der Waals surface area contributed by atoms with Gasteiger partial charge in [0.1, 0.15) is 11.1 Å². The molecule has 0 aromatic carbocycles. The second kappa shape index (κ2) is 10.3. The smallest absolute Gasteiger partial charge is 0.224 e. The highest BCUT2D eigenvalue weighted by Crippen LogP contribution is 2.20. The van der Waals surface area contributed by atoms with Crippen molar-refractivity contribution in [2.24, 2.45) is 5.92 Å². The van der Waals surface area contributed by atoms with Crippen LogP contribution >= 0.6 is 36.2 Å². The molecule has 21 heavy (non-hydrogen) atoms. The fraction of sp³-hybridized carbons (Fsp3) is 0.692. The van der Waals surface area contributed by atoms with Crippen molar-refractivity contribution in [2.75, 3.05) is 20.2 Å². The number of halogens is 2. The number of amides is 1. The Morgan fingerprint density at radius 1 is 1.62 bits per heavy atom. The minimum Gasteiger partial charge on any atom is -0.375 e. The summed E-state index contributed by atoms with van der Waals surface area (Å²) in [6.45, 7) is 4.28. The number of hydrogen-bond donors (Lipinski definition) is 2. The summed E-state index contributed by atoms with van der Waals surface area (Å²) < 4.78 is 5.22.